The zero-order valence-corrected chi connectivity index (χ0v) is 21.6. The molecule has 1 unspecified atom stereocenters. The molecule has 4 atom stereocenters. The lowest BCUT2D eigenvalue weighted by Crippen LogP contribution is -2.64. The second-order valence-electron chi connectivity index (χ2n) is 9.04. The minimum Gasteiger partial charge on any atom is -0.477 e. The van der Waals surface area contributed by atoms with E-state index in [2.05, 4.69) is 4.98 Å². The first-order chi connectivity index (χ1) is 17.5. The number of aliphatic hydroxyl groups excluding tert-OH is 1. The average molecular weight is 543 g/mol. The topological polar surface area (TPSA) is 155 Å². The lowest BCUT2D eigenvalue weighted by molar-refractivity contribution is -0.384. The number of ketones is 1. The van der Waals surface area contributed by atoms with E-state index in [1.165, 1.54) is 54.0 Å². The van der Waals surface area contributed by atoms with Crippen molar-refractivity contribution in [1.29, 1.82) is 0 Å². The number of nitro groups is 1. The Hall–Kier alpha value is -3.55. The molecule has 1 saturated heterocycles. The van der Waals surface area contributed by atoms with Gasteiger partial charge in [0.05, 0.1) is 27.9 Å². The molecule has 3 aromatic rings. The number of carbonyl (C=O) groups is 3. The third-order valence-electron chi connectivity index (χ3n) is 6.86. The van der Waals surface area contributed by atoms with Crippen LogP contribution in [0.3, 0.4) is 0 Å². The lowest BCUT2D eigenvalue weighted by atomic mass is 9.74. The van der Waals surface area contributed by atoms with Gasteiger partial charge in [-0.15, -0.1) is 23.1 Å². The molecule has 0 saturated carbocycles. The van der Waals surface area contributed by atoms with E-state index >= 15 is 0 Å². The van der Waals surface area contributed by atoms with Crippen molar-refractivity contribution in [1.82, 2.24) is 14.3 Å². The van der Waals surface area contributed by atoms with Gasteiger partial charge in [0.1, 0.15) is 15.6 Å². The van der Waals surface area contributed by atoms with Crippen molar-refractivity contribution in [2.24, 2.45) is 11.8 Å². The molecule has 2 aliphatic heterocycles. The number of thioether (sulfide) groups is 1. The molecule has 5 rings (SSSR count). The average Bonchev–Trinajstić information content (AvgIpc) is 3.47. The highest BCUT2D eigenvalue weighted by Crippen LogP contribution is 2.53. The van der Waals surface area contributed by atoms with Crippen LogP contribution in [0.5, 0.6) is 0 Å². The summed E-state index contributed by atoms with van der Waals surface area (Å²) in [5.74, 6) is -3.02. The lowest BCUT2D eigenvalue weighted by Gasteiger charge is -2.47. The highest BCUT2D eigenvalue weighted by molar-refractivity contribution is 7.98. The molecule has 11 nitrogen and oxygen atoms in total. The Labute approximate surface area is 218 Å². The Bertz CT molecular complexity index is 1510. The maximum absolute atomic E-state index is 13.0. The van der Waals surface area contributed by atoms with Gasteiger partial charge in [-0.25, -0.2) is 9.78 Å². The first-order valence-corrected chi connectivity index (χ1v) is 13.4. The summed E-state index contributed by atoms with van der Waals surface area (Å²) in [6, 6.07) is 5.40. The molecule has 192 valence electrons. The minimum atomic E-state index is -1.27. The highest BCUT2D eigenvalue weighted by Gasteiger charge is 2.61. The molecule has 0 aliphatic carbocycles. The van der Waals surface area contributed by atoms with Crippen LogP contribution < -0.4 is 0 Å². The van der Waals surface area contributed by atoms with Crippen molar-refractivity contribution in [3.63, 3.8) is 0 Å². The number of fused-ring (bicyclic) bond motifs is 2. The maximum atomic E-state index is 13.0. The second kappa shape index (κ2) is 9.08. The molecule has 0 spiro atoms. The van der Waals surface area contributed by atoms with Gasteiger partial charge < -0.3 is 15.1 Å². The Morgan fingerprint density at radius 2 is 1.97 bits per heavy atom. The molecule has 13 heteroatoms. The summed E-state index contributed by atoms with van der Waals surface area (Å²) in [5.41, 5.74) is 0.943. The molecular weight excluding hydrogens is 520 g/mol. The number of imidazole rings is 1. The number of nitro benzene ring substituents is 1. The number of non-ortho nitro benzene ring substituents is 1. The molecule has 4 heterocycles. The van der Waals surface area contributed by atoms with Crippen molar-refractivity contribution >= 4 is 56.8 Å². The Balaban J connectivity index is 1.68. The summed E-state index contributed by atoms with van der Waals surface area (Å²) in [6.45, 7) is 2.91. The van der Waals surface area contributed by atoms with Gasteiger partial charge in [-0.2, -0.15) is 0 Å². The summed E-state index contributed by atoms with van der Waals surface area (Å²) in [5, 5.41) is 32.3. The van der Waals surface area contributed by atoms with E-state index in [0.29, 0.717) is 26.7 Å². The summed E-state index contributed by atoms with van der Waals surface area (Å²) in [6.07, 6.45) is 2.82. The molecule has 0 bridgehead atoms. The summed E-state index contributed by atoms with van der Waals surface area (Å²) in [7, 11) is 0. The summed E-state index contributed by atoms with van der Waals surface area (Å²) >= 11 is 2.65. The van der Waals surface area contributed by atoms with E-state index in [9.17, 15) is 34.7 Å². The standard InChI is InChI=1S/C24H22N4O7S2/c1-10(29)16-18-14(8-12-4-6-13(7-5-12)28(34)35)17(19(24(32)33)27(18)22(16)31)15-9-26-20(11(2)30)25-21(36-3)23(26)37-15/h4-7,9-10,14,16,18,29H,8H2,1-3H3,(H,32,33)/t10-,14?,16-,18-/m1/s1. The molecule has 2 aliphatic rings. The monoisotopic (exact) mass is 542 g/mol. The predicted octanol–water partition coefficient (Wildman–Crippen LogP) is 3.10. The number of β-lactam (4-membered cyclic amide) rings is 1. The van der Waals surface area contributed by atoms with Crippen LogP contribution in [0, 0.1) is 22.0 Å². The largest absolute Gasteiger partial charge is 0.477 e. The van der Waals surface area contributed by atoms with Crippen LogP contribution >= 0.6 is 23.1 Å². The first kappa shape index (κ1) is 25.1. The molecule has 1 amide bonds. The van der Waals surface area contributed by atoms with Crippen molar-refractivity contribution in [3.05, 3.63) is 62.5 Å². The first-order valence-electron chi connectivity index (χ1n) is 11.3. The molecule has 37 heavy (non-hydrogen) atoms. The molecular formula is C24H22N4O7S2. The van der Waals surface area contributed by atoms with Gasteiger partial charge in [0.15, 0.2) is 11.6 Å². The van der Waals surface area contributed by atoms with Gasteiger partial charge in [-0.05, 0) is 25.2 Å². The molecule has 2 N–H and O–H groups in total. The van der Waals surface area contributed by atoms with Crippen LogP contribution in [0.25, 0.3) is 10.4 Å². The van der Waals surface area contributed by atoms with E-state index in [1.807, 2.05) is 6.26 Å². The fourth-order valence-corrected chi connectivity index (χ4v) is 7.22. The van der Waals surface area contributed by atoms with Crippen molar-refractivity contribution in [3.8, 4) is 0 Å². The fraction of sp³-hybridized carbons (Fsp3) is 0.333. The third-order valence-corrected chi connectivity index (χ3v) is 8.79. The van der Waals surface area contributed by atoms with Gasteiger partial charge in [0.25, 0.3) is 5.69 Å². The number of Topliss-reactive ketones (excluding diaryl/α,β-unsaturated/α-hetero) is 1. The smallest absolute Gasteiger partial charge is 0.352 e. The van der Waals surface area contributed by atoms with Crippen LogP contribution in [0.2, 0.25) is 0 Å². The van der Waals surface area contributed by atoms with E-state index < -0.39 is 40.8 Å². The van der Waals surface area contributed by atoms with Crippen LogP contribution in [0.15, 0.2) is 41.2 Å². The van der Waals surface area contributed by atoms with Crippen molar-refractivity contribution < 1.29 is 29.5 Å². The van der Waals surface area contributed by atoms with Crippen LogP contribution in [0.1, 0.15) is 34.9 Å². The number of thiazole rings is 1. The second-order valence-corrected chi connectivity index (χ2v) is 10.9. The number of hydrogen-bond donors (Lipinski definition) is 2. The fourth-order valence-electron chi connectivity index (χ4n) is 5.30. The van der Waals surface area contributed by atoms with E-state index in [1.54, 1.807) is 22.7 Å². The van der Waals surface area contributed by atoms with Crippen LogP contribution in [-0.4, -0.2) is 65.5 Å². The van der Waals surface area contributed by atoms with Crippen molar-refractivity contribution in [2.75, 3.05) is 6.26 Å². The number of nitrogens with zero attached hydrogens (tertiary/aromatic N) is 4. The van der Waals surface area contributed by atoms with Crippen LogP contribution in [-0.2, 0) is 16.0 Å². The van der Waals surface area contributed by atoms with E-state index in [0.717, 1.165) is 5.56 Å². The number of rotatable bonds is 8. The number of carboxylic acids is 1. The van der Waals surface area contributed by atoms with Gasteiger partial charge >= 0.3 is 5.97 Å². The number of carboxylic acid groups (broad SMARTS) is 1. The third kappa shape index (κ3) is 3.85. The van der Waals surface area contributed by atoms with E-state index in [4.69, 9.17) is 0 Å². The number of aliphatic carboxylic acids is 1. The number of aliphatic hydroxyl groups is 1. The molecule has 1 fully saturated rings. The molecule has 1 aromatic carbocycles. The Kier molecular flexibility index (Phi) is 6.16. The van der Waals surface area contributed by atoms with Crippen molar-refractivity contribution in [2.45, 2.75) is 37.4 Å². The zero-order chi connectivity index (χ0) is 26.8. The number of aromatic nitrogens is 2. The quantitative estimate of drug-likeness (QED) is 0.144. The minimum absolute atomic E-state index is 0.0678. The van der Waals surface area contributed by atoms with Gasteiger partial charge in [-0.3, -0.25) is 24.1 Å². The van der Waals surface area contributed by atoms with E-state index in [-0.39, 0.29) is 23.0 Å². The predicted molar refractivity (Wildman–Crippen MR) is 136 cm³/mol. The summed E-state index contributed by atoms with van der Waals surface area (Å²) < 4.78 is 1.65. The zero-order valence-electron chi connectivity index (χ0n) is 19.9. The van der Waals surface area contributed by atoms with Gasteiger partial charge in [-0.1, -0.05) is 12.1 Å². The van der Waals surface area contributed by atoms with Gasteiger partial charge in [0, 0.05) is 36.7 Å². The number of carbonyl (C=O) groups excluding carboxylic acids is 2. The molecule has 2 aromatic heterocycles. The number of benzene rings is 1. The number of hydrogen-bond acceptors (Lipinski definition) is 9. The molecule has 0 radical (unpaired) electrons. The summed E-state index contributed by atoms with van der Waals surface area (Å²) in [4.78, 5) is 55.2. The maximum Gasteiger partial charge on any atom is 0.352 e. The normalized spacial score (nSPS) is 21.8. The SMILES string of the molecule is CSc1nc(C(C)=O)n2cc(C3=C(C(=O)O)N4C(=O)[C@H]([C@@H](C)O)[C@H]4C3Cc3ccc([N+](=O)[O-])cc3)sc12. The highest BCUT2D eigenvalue weighted by atomic mass is 32.2. The number of amides is 1. The van der Waals surface area contributed by atoms with Gasteiger partial charge in [0.2, 0.25) is 5.91 Å². The Morgan fingerprint density at radius 1 is 1.30 bits per heavy atom. The Morgan fingerprint density at radius 3 is 2.51 bits per heavy atom. The van der Waals surface area contributed by atoms with Crippen LogP contribution in [0.4, 0.5) is 5.69 Å².